The molecule has 4 N–H and O–H groups in total. The molecule has 0 fully saturated rings. The number of amides is 1. The van der Waals surface area contributed by atoms with Gasteiger partial charge in [0.25, 0.3) is 5.91 Å². The maximum absolute atomic E-state index is 12.3. The van der Waals surface area contributed by atoms with Crippen molar-refractivity contribution >= 4 is 45.4 Å². The average molecular weight is 448 g/mol. The number of anilines is 1. The van der Waals surface area contributed by atoms with Crippen molar-refractivity contribution in [1.29, 1.82) is 0 Å². The number of nitrogens with two attached hydrogens (primary N) is 1. The van der Waals surface area contributed by atoms with Gasteiger partial charge in [-0.05, 0) is 30.7 Å². The molecular formula is C21H18ClN9O. The summed E-state index contributed by atoms with van der Waals surface area (Å²) < 4.78 is 1.89. The van der Waals surface area contributed by atoms with E-state index in [0.29, 0.717) is 35.1 Å². The highest BCUT2D eigenvalue weighted by Crippen LogP contribution is 2.26. The highest BCUT2D eigenvalue weighted by atomic mass is 35.5. The Labute approximate surface area is 186 Å². The van der Waals surface area contributed by atoms with Crippen LogP contribution in [0.15, 0.2) is 43.2 Å². The zero-order chi connectivity index (χ0) is 22.2. The Bertz CT molecular complexity index is 1460. The number of rotatable bonds is 5. The monoisotopic (exact) mass is 447 g/mol. The fourth-order valence-electron chi connectivity index (χ4n) is 3.53. The van der Waals surface area contributed by atoms with Gasteiger partial charge in [-0.25, -0.2) is 19.9 Å². The van der Waals surface area contributed by atoms with Gasteiger partial charge in [0, 0.05) is 22.3 Å². The molecule has 1 aromatic carbocycles. The van der Waals surface area contributed by atoms with Gasteiger partial charge in [-0.15, -0.1) is 0 Å². The molecule has 0 unspecified atom stereocenters. The number of halogens is 1. The second kappa shape index (κ2) is 7.89. The molecule has 4 heterocycles. The molecule has 0 saturated heterocycles. The number of carbonyl (C=O) groups is 1. The van der Waals surface area contributed by atoms with E-state index < -0.39 is 0 Å². The first-order valence-corrected chi connectivity index (χ1v) is 10.1. The molecule has 160 valence electrons. The van der Waals surface area contributed by atoms with E-state index >= 15 is 0 Å². The van der Waals surface area contributed by atoms with Gasteiger partial charge in [0.15, 0.2) is 11.5 Å². The van der Waals surface area contributed by atoms with Gasteiger partial charge in [0.1, 0.15) is 17.5 Å². The second-order valence-electron chi connectivity index (χ2n) is 7.35. The summed E-state index contributed by atoms with van der Waals surface area (Å²) in [5.74, 6) is 0.0396. The first kappa shape index (κ1) is 19.9. The first-order valence-electron chi connectivity index (χ1n) is 9.76. The molecule has 0 aliphatic heterocycles. The summed E-state index contributed by atoms with van der Waals surface area (Å²) in [4.78, 5) is 36.5. The van der Waals surface area contributed by atoms with Crippen LogP contribution in [0.25, 0.3) is 22.1 Å². The van der Waals surface area contributed by atoms with Crippen molar-refractivity contribution in [2.75, 3.05) is 5.73 Å². The minimum Gasteiger partial charge on any atom is -0.382 e. The van der Waals surface area contributed by atoms with E-state index in [-0.39, 0.29) is 11.6 Å². The smallest absolute Gasteiger partial charge is 0.271 e. The van der Waals surface area contributed by atoms with E-state index in [1.807, 2.05) is 29.7 Å². The molecule has 1 amide bonds. The number of hydrogen-bond acceptors (Lipinski definition) is 7. The maximum atomic E-state index is 12.3. The predicted molar refractivity (Wildman–Crippen MR) is 120 cm³/mol. The molecule has 0 saturated carbocycles. The van der Waals surface area contributed by atoms with Gasteiger partial charge >= 0.3 is 0 Å². The minimum absolute atomic E-state index is 0.267. The van der Waals surface area contributed by atoms with Gasteiger partial charge in [0.05, 0.1) is 36.8 Å². The Morgan fingerprint density at radius 1 is 1.16 bits per heavy atom. The molecule has 0 aliphatic rings. The number of aromatic nitrogens is 7. The fraction of sp³-hybridized carbons (Fsp3) is 0.143. The molecule has 11 heteroatoms. The van der Waals surface area contributed by atoms with E-state index in [1.54, 1.807) is 12.5 Å². The second-order valence-corrected chi connectivity index (χ2v) is 7.79. The molecule has 5 aromatic rings. The van der Waals surface area contributed by atoms with Crippen molar-refractivity contribution in [3.63, 3.8) is 0 Å². The van der Waals surface area contributed by atoms with Crippen LogP contribution in [0.5, 0.6) is 0 Å². The van der Waals surface area contributed by atoms with Crippen LogP contribution in [-0.2, 0) is 13.1 Å². The van der Waals surface area contributed by atoms with Crippen molar-refractivity contribution in [2.45, 2.75) is 20.0 Å². The van der Waals surface area contributed by atoms with Gasteiger partial charge in [-0.3, -0.25) is 9.78 Å². The van der Waals surface area contributed by atoms with Gasteiger partial charge in [0.2, 0.25) is 0 Å². The molecule has 0 radical (unpaired) electrons. The zero-order valence-corrected chi connectivity index (χ0v) is 17.8. The third-order valence-corrected chi connectivity index (χ3v) is 5.27. The van der Waals surface area contributed by atoms with Crippen LogP contribution in [0, 0.1) is 6.92 Å². The van der Waals surface area contributed by atoms with Crippen molar-refractivity contribution in [2.24, 2.45) is 0 Å². The number of aryl methyl sites for hydroxylation is 1. The van der Waals surface area contributed by atoms with Crippen LogP contribution in [0.1, 0.15) is 27.4 Å². The third-order valence-electron chi connectivity index (χ3n) is 5.05. The van der Waals surface area contributed by atoms with Crippen molar-refractivity contribution in [3.05, 3.63) is 70.9 Å². The summed E-state index contributed by atoms with van der Waals surface area (Å²) in [6, 6.07) is 5.72. The number of carbonyl (C=O) groups excluding carboxylic acids is 1. The number of aromatic amines is 1. The largest absolute Gasteiger partial charge is 0.382 e. The lowest BCUT2D eigenvalue weighted by atomic mass is 10.1. The number of benzene rings is 1. The zero-order valence-electron chi connectivity index (χ0n) is 17.0. The molecule has 32 heavy (non-hydrogen) atoms. The van der Waals surface area contributed by atoms with Gasteiger partial charge < -0.3 is 20.6 Å². The number of fused-ring (bicyclic) bond motifs is 2. The Balaban J connectivity index is 1.41. The Hall–Kier alpha value is -4.05. The Morgan fingerprint density at radius 2 is 2.03 bits per heavy atom. The first-order chi connectivity index (χ1) is 15.5. The summed E-state index contributed by atoms with van der Waals surface area (Å²) in [5, 5.41) is 4.40. The van der Waals surface area contributed by atoms with E-state index in [0.717, 1.165) is 27.9 Å². The van der Waals surface area contributed by atoms with Crippen LogP contribution in [0.3, 0.4) is 0 Å². The Kier molecular flexibility index (Phi) is 4.91. The third kappa shape index (κ3) is 3.71. The molecule has 10 nitrogen and oxygen atoms in total. The quantitative estimate of drug-likeness (QED) is 0.376. The maximum Gasteiger partial charge on any atom is 0.271 e. The van der Waals surface area contributed by atoms with Crippen LogP contribution in [0.2, 0.25) is 5.02 Å². The molecule has 0 spiro atoms. The lowest BCUT2D eigenvalue weighted by Crippen LogP contribution is -2.24. The fourth-order valence-corrected chi connectivity index (χ4v) is 3.78. The van der Waals surface area contributed by atoms with E-state index in [1.165, 1.54) is 12.5 Å². The van der Waals surface area contributed by atoms with E-state index in [2.05, 4.69) is 35.2 Å². The molecule has 0 atom stereocenters. The summed E-state index contributed by atoms with van der Waals surface area (Å²) in [6.07, 6.45) is 6.11. The lowest BCUT2D eigenvalue weighted by molar-refractivity contribution is 0.0945. The standard InChI is InChI=1S/C21H18ClN9O/c1-11-5-25-16(7-24-11)21(32)26-6-15-4-12-2-14(22)3-13(17(12)30-15)8-31-10-29-18-19(23)27-9-28-20(18)31/h2-5,7,9-10,30H,6,8H2,1H3,(H,26,32)(H2,23,27,28). The highest BCUT2D eigenvalue weighted by molar-refractivity contribution is 6.31. The van der Waals surface area contributed by atoms with Crippen LogP contribution in [-0.4, -0.2) is 40.4 Å². The van der Waals surface area contributed by atoms with E-state index in [9.17, 15) is 4.79 Å². The van der Waals surface area contributed by atoms with Gasteiger partial charge in [-0.2, -0.15) is 0 Å². The highest BCUT2D eigenvalue weighted by Gasteiger charge is 2.13. The van der Waals surface area contributed by atoms with Crippen LogP contribution < -0.4 is 11.1 Å². The number of hydrogen-bond donors (Lipinski definition) is 3. The SMILES string of the molecule is Cc1cnc(C(=O)NCc2cc3cc(Cl)cc(Cn4cnc5c(N)ncnc54)c3[nH]2)cn1. The van der Waals surface area contributed by atoms with Crippen LogP contribution >= 0.6 is 11.6 Å². The summed E-state index contributed by atoms with van der Waals surface area (Å²) in [6.45, 7) is 2.60. The normalized spacial score (nSPS) is 11.3. The summed E-state index contributed by atoms with van der Waals surface area (Å²) in [7, 11) is 0. The predicted octanol–water partition coefficient (Wildman–Crippen LogP) is 2.62. The number of imidazole rings is 1. The van der Waals surface area contributed by atoms with Gasteiger partial charge in [-0.1, -0.05) is 11.6 Å². The molecule has 0 bridgehead atoms. The number of H-pyrrole nitrogens is 1. The van der Waals surface area contributed by atoms with Crippen molar-refractivity contribution in [1.82, 2.24) is 39.8 Å². The lowest BCUT2D eigenvalue weighted by Gasteiger charge is -2.07. The Morgan fingerprint density at radius 3 is 2.84 bits per heavy atom. The van der Waals surface area contributed by atoms with E-state index in [4.69, 9.17) is 17.3 Å². The van der Waals surface area contributed by atoms with Crippen molar-refractivity contribution in [3.8, 4) is 0 Å². The number of nitrogen functional groups attached to an aromatic ring is 1. The van der Waals surface area contributed by atoms with Crippen LogP contribution in [0.4, 0.5) is 5.82 Å². The number of nitrogens with zero attached hydrogens (tertiary/aromatic N) is 6. The molecular weight excluding hydrogens is 430 g/mol. The topological polar surface area (TPSA) is 140 Å². The summed E-state index contributed by atoms with van der Waals surface area (Å²) >= 11 is 6.37. The number of nitrogens with one attached hydrogen (secondary N) is 2. The molecule has 4 aromatic heterocycles. The van der Waals surface area contributed by atoms with Crippen molar-refractivity contribution < 1.29 is 4.79 Å². The molecule has 0 aliphatic carbocycles. The summed E-state index contributed by atoms with van der Waals surface area (Å²) in [5.41, 5.74) is 10.8. The minimum atomic E-state index is -0.295. The average Bonchev–Trinajstić information content (AvgIpc) is 3.37. The molecule has 5 rings (SSSR count).